The molecular weight excluding hydrogens is 431 g/mol. The highest BCUT2D eigenvalue weighted by Crippen LogP contribution is 2.35. The Bertz CT molecular complexity index is 1320. The Kier molecular flexibility index (Phi) is 5.35. The number of hydrogen-bond acceptors (Lipinski definition) is 6. The zero-order valence-corrected chi connectivity index (χ0v) is 18.8. The van der Waals surface area contributed by atoms with E-state index in [-0.39, 0.29) is 18.0 Å². The number of imidazole rings is 1. The Morgan fingerprint density at radius 3 is 2.79 bits per heavy atom. The van der Waals surface area contributed by atoms with Gasteiger partial charge in [0, 0.05) is 26.2 Å². The Hall–Kier alpha value is -3.56. The SMILES string of the molecule is NC1CN(c2cccc(-c3cnc4ccc(N5CCC[C@@H]5c5cccc(F)c5)nn34)n2)CC[N]1. The molecule has 3 aromatic heterocycles. The number of nitrogens with zero attached hydrogens (tertiary/aromatic N) is 7. The average Bonchev–Trinajstić information content (AvgIpc) is 3.51. The molecule has 2 atom stereocenters. The maximum Gasteiger partial charge on any atom is 0.154 e. The number of hydrogen-bond donors (Lipinski definition) is 1. The monoisotopic (exact) mass is 457 g/mol. The van der Waals surface area contributed by atoms with Crippen molar-refractivity contribution in [3.8, 4) is 11.4 Å². The van der Waals surface area contributed by atoms with Crippen LogP contribution < -0.4 is 20.9 Å². The summed E-state index contributed by atoms with van der Waals surface area (Å²) < 4.78 is 15.7. The molecule has 1 aromatic carbocycles. The van der Waals surface area contributed by atoms with Gasteiger partial charge >= 0.3 is 0 Å². The van der Waals surface area contributed by atoms with Crippen molar-refractivity contribution in [2.75, 3.05) is 36.0 Å². The van der Waals surface area contributed by atoms with Gasteiger partial charge in [-0.25, -0.2) is 24.2 Å². The van der Waals surface area contributed by atoms with Crippen molar-refractivity contribution in [1.82, 2.24) is 24.9 Å². The molecule has 2 aliphatic heterocycles. The molecule has 0 amide bonds. The molecule has 2 saturated heterocycles. The fourth-order valence-electron chi connectivity index (χ4n) is 4.96. The Labute approximate surface area is 197 Å². The number of fused-ring (bicyclic) bond motifs is 1. The molecule has 5 heterocycles. The molecule has 6 rings (SSSR count). The van der Waals surface area contributed by atoms with Gasteiger partial charge in [-0.05, 0) is 54.8 Å². The summed E-state index contributed by atoms with van der Waals surface area (Å²) in [7, 11) is 0. The highest BCUT2D eigenvalue weighted by molar-refractivity contribution is 5.62. The summed E-state index contributed by atoms with van der Waals surface area (Å²) in [5.74, 6) is 1.51. The van der Waals surface area contributed by atoms with Gasteiger partial charge in [-0.3, -0.25) is 0 Å². The number of piperazine rings is 1. The van der Waals surface area contributed by atoms with Crippen molar-refractivity contribution < 1.29 is 4.39 Å². The summed E-state index contributed by atoms with van der Waals surface area (Å²) in [6, 6.07) is 16.9. The highest BCUT2D eigenvalue weighted by Gasteiger charge is 2.28. The molecule has 1 unspecified atom stereocenters. The van der Waals surface area contributed by atoms with Crippen LogP contribution in [0, 0.1) is 5.82 Å². The molecule has 4 aromatic rings. The van der Waals surface area contributed by atoms with Gasteiger partial charge < -0.3 is 15.5 Å². The van der Waals surface area contributed by atoms with E-state index in [2.05, 4.69) is 20.1 Å². The molecule has 1 radical (unpaired) electrons. The largest absolute Gasteiger partial charge is 0.352 e. The minimum atomic E-state index is -0.209. The van der Waals surface area contributed by atoms with E-state index >= 15 is 0 Å². The van der Waals surface area contributed by atoms with E-state index in [1.165, 1.54) is 6.07 Å². The quantitative estimate of drug-likeness (QED) is 0.507. The van der Waals surface area contributed by atoms with E-state index in [1.807, 2.05) is 47.1 Å². The van der Waals surface area contributed by atoms with Crippen LogP contribution in [-0.2, 0) is 0 Å². The minimum Gasteiger partial charge on any atom is -0.352 e. The summed E-state index contributed by atoms with van der Waals surface area (Å²) in [6.45, 7) is 3.03. The maximum absolute atomic E-state index is 13.9. The number of nitrogens with two attached hydrogens (primary N) is 1. The van der Waals surface area contributed by atoms with E-state index in [4.69, 9.17) is 15.8 Å². The average molecular weight is 458 g/mol. The number of benzene rings is 1. The first-order chi connectivity index (χ1) is 16.7. The summed E-state index contributed by atoms with van der Waals surface area (Å²) in [4.78, 5) is 13.9. The third-order valence-corrected chi connectivity index (χ3v) is 6.59. The first-order valence-electron chi connectivity index (χ1n) is 11.7. The number of rotatable bonds is 4. The molecule has 0 bridgehead atoms. The van der Waals surface area contributed by atoms with E-state index < -0.39 is 0 Å². The van der Waals surface area contributed by atoms with Crippen molar-refractivity contribution >= 4 is 17.3 Å². The van der Waals surface area contributed by atoms with Gasteiger partial charge in [0.25, 0.3) is 0 Å². The lowest BCUT2D eigenvalue weighted by Gasteiger charge is -2.31. The topological polar surface area (TPSA) is 89.7 Å². The van der Waals surface area contributed by atoms with Gasteiger partial charge in [0.1, 0.15) is 23.1 Å². The first-order valence-corrected chi connectivity index (χ1v) is 11.7. The normalized spacial score (nSPS) is 20.9. The van der Waals surface area contributed by atoms with Crippen LogP contribution in [0.1, 0.15) is 24.4 Å². The lowest BCUT2D eigenvalue weighted by atomic mass is 10.0. The van der Waals surface area contributed by atoms with E-state index in [0.29, 0.717) is 13.1 Å². The second-order valence-electron chi connectivity index (χ2n) is 8.81. The van der Waals surface area contributed by atoms with Crippen LogP contribution in [0.15, 0.2) is 60.8 Å². The molecule has 34 heavy (non-hydrogen) atoms. The fourth-order valence-corrected chi connectivity index (χ4v) is 4.96. The van der Waals surface area contributed by atoms with Gasteiger partial charge in [0.15, 0.2) is 5.65 Å². The third-order valence-electron chi connectivity index (χ3n) is 6.59. The standard InChI is InChI=1S/C25H26FN8/c26-18-5-1-4-17(14-18)20-7-3-12-33(20)25-10-9-23-29-15-21(34(23)31-25)19-6-2-8-24(30-19)32-13-11-28-22(27)16-32/h1-2,4-6,8-10,14-15,20,22H,3,7,11-13,16,27H2/t20-,22?/m1/s1. The summed E-state index contributed by atoms with van der Waals surface area (Å²) in [5.41, 5.74) is 9.38. The molecule has 0 aliphatic carbocycles. The smallest absolute Gasteiger partial charge is 0.154 e. The van der Waals surface area contributed by atoms with Crippen molar-refractivity contribution in [3.63, 3.8) is 0 Å². The van der Waals surface area contributed by atoms with Crippen LogP contribution in [0.3, 0.4) is 0 Å². The molecule has 2 aliphatic rings. The second kappa shape index (κ2) is 8.66. The van der Waals surface area contributed by atoms with Crippen LogP contribution in [0.4, 0.5) is 16.0 Å². The van der Waals surface area contributed by atoms with Gasteiger partial charge in [0.2, 0.25) is 0 Å². The molecule has 2 fully saturated rings. The Morgan fingerprint density at radius 2 is 1.91 bits per heavy atom. The predicted octanol–water partition coefficient (Wildman–Crippen LogP) is 2.98. The van der Waals surface area contributed by atoms with Gasteiger partial charge in [0.05, 0.1) is 24.1 Å². The predicted molar refractivity (Wildman–Crippen MR) is 129 cm³/mol. The van der Waals surface area contributed by atoms with Crippen molar-refractivity contribution in [2.45, 2.75) is 25.0 Å². The molecule has 8 nitrogen and oxygen atoms in total. The summed E-state index contributed by atoms with van der Waals surface area (Å²) >= 11 is 0. The lowest BCUT2D eigenvalue weighted by Crippen LogP contribution is -2.51. The van der Waals surface area contributed by atoms with E-state index in [0.717, 1.165) is 60.2 Å². The number of halogens is 1. The van der Waals surface area contributed by atoms with E-state index in [9.17, 15) is 4.39 Å². The molecular formula is C25H26FN8. The van der Waals surface area contributed by atoms with Crippen LogP contribution in [0.2, 0.25) is 0 Å². The van der Waals surface area contributed by atoms with Crippen molar-refractivity contribution in [1.29, 1.82) is 0 Å². The number of aromatic nitrogens is 4. The van der Waals surface area contributed by atoms with Crippen LogP contribution in [0.5, 0.6) is 0 Å². The first kappa shape index (κ1) is 21.0. The zero-order chi connectivity index (χ0) is 23.1. The van der Waals surface area contributed by atoms with Crippen LogP contribution >= 0.6 is 0 Å². The maximum atomic E-state index is 13.9. The minimum absolute atomic E-state index is 0.0998. The van der Waals surface area contributed by atoms with Gasteiger partial charge in [-0.2, -0.15) is 0 Å². The summed E-state index contributed by atoms with van der Waals surface area (Å²) in [6.07, 6.45) is 3.62. The van der Waals surface area contributed by atoms with Crippen molar-refractivity contribution in [2.24, 2.45) is 5.73 Å². The molecule has 9 heteroatoms. The fraction of sp³-hybridized carbons (Fsp3) is 0.320. The van der Waals surface area contributed by atoms with Crippen LogP contribution in [-0.4, -0.2) is 51.9 Å². The van der Waals surface area contributed by atoms with Crippen LogP contribution in [0.25, 0.3) is 17.0 Å². The molecule has 2 N–H and O–H groups in total. The highest BCUT2D eigenvalue weighted by atomic mass is 19.1. The zero-order valence-electron chi connectivity index (χ0n) is 18.8. The second-order valence-corrected chi connectivity index (χ2v) is 8.81. The van der Waals surface area contributed by atoms with Gasteiger partial charge in [-0.1, -0.05) is 18.2 Å². The number of pyridine rings is 1. The van der Waals surface area contributed by atoms with E-state index in [1.54, 1.807) is 12.1 Å². The molecule has 0 spiro atoms. The molecule has 173 valence electrons. The summed E-state index contributed by atoms with van der Waals surface area (Å²) in [5, 5.41) is 9.30. The van der Waals surface area contributed by atoms with Crippen molar-refractivity contribution in [3.05, 3.63) is 72.2 Å². The lowest BCUT2D eigenvalue weighted by molar-refractivity contribution is 0.457. The third kappa shape index (κ3) is 3.86. The Balaban J connectivity index is 1.35. The van der Waals surface area contributed by atoms with Gasteiger partial charge in [-0.15, -0.1) is 5.10 Å². The number of anilines is 2. The molecule has 0 saturated carbocycles. The Morgan fingerprint density at radius 1 is 1.00 bits per heavy atom.